The summed E-state index contributed by atoms with van der Waals surface area (Å²) in [6.45, 7) is 2.34. The molecule has 1 aliphatic heterocycles. The van der Waals surface area contributed by atoms with E-state index in [0.717, 1.165) is 6.42 Å². The summed E-state index contributed by atoms with van der Waals surface area (Å²) in [5.74, 6) is -0.358. The SMILES string of the molecule is COC(=O)c1ccc(C#N)c(OC2CCC(C)N(C(=O)c3ccccc3-n3nccn3)C2)c1. The van der Waals surface area contributed by atoms with Crippen molar-refractivity contribution in [3.63, 3.8) is 0 Å². The van der Waals surface area contributed by atoms with Crippen LogP contribution in [0.3, 0.4) is 0 Å². The summed E-state index contributed by atoms with van der Waals surface area (Å²) in [6.07, 6.45) is 4.23. The van der Waals surface area contributed by atoms with Crippen LogP contribution in [0.15, 0.2) is 54.9 Å². The number of hydrogen-bond donors (Lipinski definition) is 0. The summed E-state index contributed by atoms with van der Waals surface area (Å²) in [5, 5.41) is 17.8. The van der Waals surface area contributed by atoms with Crippen molar-refractivity contribution in [3.8, 4) is 17.5 Å². The minimum atomic E-state index is -0.512. The lowest BCUT2D eigenvalue weighted by atomic mass is 9.99. The van der Waals surface area contributed by atoms with Gasteiger partial charge in [0, 0.05) is 6.04 Å². The van der Waals surface area contributed by atoms with E-state index in [1.54, 1.807) is 35.5 Å². The van der Waals surface area contributed by atoms with E-state index in [1.807, 2.05) is 13.0 Å². The maximum absolute atomic E-state index is 13.5. The zero-order chi connectivity index (χ0) is 23.4. The average Bonchev–Trinajstić information content (AvgIpc) is 3.39. The zero-order valence-electron chi connectivity index (χ0n) is 18.3. The lowest BCUT2D eigenvalue weighted by Gasteiger charge is -2.38. The number of piperidine rings is 1. The highest BCUT2D eigenvalue weighted by Gasteiger charge is 2.32. The molecular weight excluding hydrogens is 422 g/mol. The number of para-hydroxylation sites is 1. The maximum atomic E-state index is 13.5. The standard InChI is InChI=1S/C24H23N5O4/c1-16-7-10-19(33-22-13-17(24(31)32-2)8-9-18(22)14-25)15-28(16)23(30)20-5-3-4-6-21(20)29-26-11-12-27-29/h3-6,8-9,11-13,16,19H,7,10,15H2,1-2H3. The molecule has 1 amide bonds. The second-order valence-corrected chi connectivity index (χ2v) is 7.77. The van der Waals surface area contributed by atoms with Crippen molar-refractivity contribution in [2.75, 3.05) is 13.7 Å². The average molecular weight is 445 g/mol. The predicted octanol–water partition coefficient (Wildman–Crippen LogP) is 3.00. The van der Waals surface area contributed by atoms with E-state index in [4.69, 9.17) is 9.47 Å². The quantitative estimate of drug-likeness (QED) is 0.555. The molecule has 9 heteroatoms. The monoisotopic (exact) mass is 445 g/mol. The van der Waals surface area contributed by atoms with Gasteiger partial charge >= 0.3 is 5.97 Å². The summed E-state index contributed by atoms with van der Waals surface area (Å²) in [5.41, 5.74) is 1.70. The smallest absolute Gasteiger partial charge is 0.337 e. The largest absolute Gasteiger partial charge is 0.487 e. The van der Waals surface area contributed by atoms with Crippen LogP contribution in [0.1, 0.15) is 46.0 Å². The van der Waals surface area contributed by atoms with Gasteiger partial charge in [0.2, 0.25) is 0 Å². The number of benzene rings is 2. The van der Waals surface area contributed by atoms with Crippen molar-refractivity contribution in [1.82, 2.24) is 19.9 Å². The lowest BCUT2D eigenvalue weighted by molar-refractivity contribution is 0.0383. The van der Waals surface area contributed by atoms with Crippen molar-refractivity contribution >= 4 is 11.9 Å². The Balaban J connectivity index is 1.57. The zero-order valence-corrected chi connectivity index (χ0v) is 18.3. The molecule has 9 nitrogen and oxygen atoms in total. The Morgan fingerprint density at radius 1 is 1.12 bits per heavy atom. The normalized spacial score (nSPS) is 17.8. The second-order valence-electron chi connectivity index (χ2n) is 7.77. The highest BCUT2D eigenvalue weighted by Crippen LogP contribution is 2.28. The Labute approximate surface area is 191 Å². The fourth-order valence-electron chi connectivity index (χ4n) is 3.91. The minimum absolute atomic E-state index is 0.00725. The highest BCUT2D eigenvalue weighted by atomic mass is 16.5. The molecule has 0 radical (unpaired) electrons. The molecule has 1 aromatic heterocycles. The molecule has 0 aliphatic carbocycles. The molecule has 2 unspecified atom stereocenters. The third-order valence-electron chi connectivity index (χ3n) is 5.69. The van der Waals surface area contributed by atoms with Gasteiger partial charge in [0.25, 0.3) is 5.91 Å². The van der Waals surface area contributed by atoms with Crippen molar-refractivity contribution in [1.29, 1.82) is 5.26 Å². The Kier molecular flexibility index (Phi) is 6.36. The molecule has 2 heterocycles. The molecule has 168 valence electrons. The van der Waals surface area contributed by atoms with Crippen LogP contribution >= 0.6 is 0 Å². The topological polar surface area (TPSA) is 110 Å². The molecule has 3 aromatic rings. The van der Waals surface area contributed by atoms with Crippen LogP contribution in [0.25, 0.3) is 5.69 Å². The van der Waals surface area contributed by atoms with Gasteiger partial charge in [-0.25, -0.2) is 4.79 Å². The molecule has 2 atom stereocenters. The first-order chi connectivity index (χ1) is 16.0. The summed E-state index contributed by atoms with van der Waals surface area (Å²) >= 11 is 0. The summed E-state index contributed by atoms with van der Waals surface area (Å²) in [6, 6.07) is 13.8. The summed E-state index contributed by atoms with van der Waals surface area (Å²) in [4.78, 5) is 28.6. The van der Waals surface area contributed by atoms with E-state index in [9.17, 15) is 14.9 Å². The van der Waals surface area contributed by atoms with Crippen LogP contribution in [0.5, 0.6) is 5.75 Å². The van der Waals surface area contributed by atoms with Crippen LogP contribution in [0, 0.1) is 11.3 Å². The van der Waals surface area contributed by atoms with Crippen LogP contribution in [-0.2, 0) is 4.74 Å². The first-order valence-corrected chi connectivity index (χ1v) is 10.6. The van der Waals surface area contributed by atoms with Crippen molar-refractivity contribution < 1.29 is 19.1 Å². The molecule has 4 rings (SSSR count). The molecule has 0 spiro atoms. The lowest BCUT2D eigenvalue weighted by Crippen LogP contribution is -2.49. The first kappa shape index (κ1) is 22.0. The van der Waals surface area contributed by atoms with E-state index >= 15 is 0 Å². The van der Waals surface area contributed by atoms with Gasteiger partial charge in [-0.05, 0) is 50.1 Å². The third kappa shape index (κ3) is 4.55. The molecule has 1 fully saturated rings. The Bertz CT molecular complexity index is 1200. The van der Waals surface area contributed by atoms with Gasteiger partial charge in [-0.15, -0.1) is 0 Å². The number of amides is 1. The fourth-order valence-corrected chi connectivity index (χ4v) is 3.91. The number of rotatable bonds is 5. The van der Waals surface area contributed by atoms with Gasteiger partial charge in [-0.1, -0.05) is 12.1 Å². The highest BCUT2D eigenvalue weighted by molar-refractivity contribution is 5.98. The fraction of sp³-hybridized carbons (Fsp3) is 0.292. The van der Waals surface area contributed by atoms with E-state index in [0.29, 0.717) is 41.1 Å². The van der Waals surface area contributed by atoms with Gasteiger partial charge in [0.05, 0.1) is 48.4 Å². The Morgan fingerprint density at radius 2 is 1.88 bits per heavy atom. The summed E-state index contributed by atoms with van der Waals surface area (Å²) < 4.78 is 10.9. The predicted molar refractivity (Wildman–Crippen MR) is 118 cm³/mol. The molecule has 2 aromatic carbocycles. The number of aromatic nitrogens is 3. The van der Waals surface area contributed by atoms with Crippen molar-refractivity contribution in [2.24, 2.45) is 0 Å². The second kappa shape index (κ2) is 9.53. The van der Waals surface area contributed by atoms with Crippen molar-refractivity contribution in [2.45, 2.75) is 31.9 Å². The molecular formula is C24H23N5O4. The number of nitriles is 1. The minimum Gasteiger partial charge on any atom is -0.487 e. The molecule has 1 aliphatic rings. The van der Waals surface area contributed by atoms with Gasteiger partial charge in [0.1, 0.15) is 17.9 Å². The molecule has 0 bridgehead atoms. The van der Waals surface area contributed by atoms with E-state index in [1.165, 1.54) is 30.1 Å². The number of ether oxygens (including phenoxy) is 2. The van der Waals surface area contributed by atoms with Gasteiger partial charge < -0.3 is 14.4 Å². The maximum Gasteiger partial charge on any atom is 0.337 e. The number of methoxy groups -OCH3 is 1. The molecule has 0 saturated carbocycles. The van der Waals surface area contributed by atoms with E-state index in [2.05, 4.69) is 16.3 Å². The molecule has 33 heavy (non-hydrogen) atoms. The number of esters is 1. The van der Waals surface area contributed by atoms with Crippen LogP contribution < -0.4 is 4.74 Å². The number of hydrogen-bond acceptors (Lipinski definition) is 7. The van der Waals surface area contributed by atoms with Crippen LogP contribution in [0.4, 0.5) is 0 Å². The summed E-state index contributed by atoms with van der Waals surface area (Å²) in [7, 11) is 1.30. The molecule has 0 N–H and O–H groups in total. The van der Waals surface area contributed by atoms with Gasteiger partial charge in [0.15, 0.2) is 0 Å². The number of nitrogens with zero attached hydrogens (tertiary/aromatic N) is 5. The molecule has 1 saturated heterocycles. The van der Waals surface area contributed by atoms with E-state index < -0.39 is 5.97 Å². The number of likely N-dealkylation sites (tertiary alicyclic amines) is 1. The van der Waals surface area contributed by atoms with Crippen molar-refractivity contribution in [3.05, 3.63) is 71.5 Å². The van der Waals surface area contributed by atoms with Crippen LogP contribution in [-0.4, -0.2) is 57.6 Å². The van der Waals surface area contributed by atoms with E-state index in [-0.39, 0.29) is 18.1 Å². The van der Waals surface area contributed by atoms with Gasteiger partial charge in [-0.3, -0.25) is 4.79 Å². The third-order valence-corrected chi connectivity index (χ3v) is 5.69. The number of carbonyl (C=O) groups excluding carboxylic acids is 2. The number of carbonyl (C=O) groups is 2. The first-order valence-electron chi connectivity index (χ1n) is 10.6. The Morgan fingerprint density at radius 3 is 2.61 bits per heavy atom. The van der Waals surface area contributed by atoms with Crippen LogP contribution in [0.2, 0.25) is 0 Å². The van der Waals surface area contributed by atoms with Gasteiger partial charge in [-0.2, -0.15) is 20.3 Å². The Hall–Kier alpha value is -4.19.